The van der Waals surface area contributed by atoms with Crippen LogP contribution >= 0.6 is 11.3 Å². The number of thiazole rings is 1. The minimum Gasteiger partial charge on any atom is -0.426 e. The van der Waals surface area contributed by atoms with E-state index in [-0.39, 0.29) is 18.4 Å². The number of rotatable bonds is 7. The van der Waals surface area contributed by atoms with Gasteiger partial charge in [0.05, 0.1) is 17.6 Å². The van der Waals surface area contributed by atoms with Crippen LogP contribution < -0.4 is 15.4 Å². The number of nitrogens with zero attached hydrogens (tertiary/aromatic N) is 1. The highest BCUT2D eigenvalue weighted by atomic mass is 32.1. The lowest BCUT2D eigenvalue weighted by Gasteiger charge is -2.08. The van der Waals surface area contributed by atoms with Crippen molar-refractivity contribution in [3.63, 3.8) is 0 Å². The molecule has 0 bridgehead atoms. The summed E-state index contributed by atoms with van der Waals surface area (Å²) in [4.78, 5) is 27.6. The van der Waals surface area contributed by atoms with E-state index >= 15 is 0 Å². The topological polar surface area (TPSA) is 80.3 Å². The van der Waals surface area contributed by atoms with E-state index in [2.05, 4.69) is 15.6 Å². The summed E-state index contributed by atoms with van der Waals surface area (Å²) in [6.07, 6.45) is 1.68. The molecule has 0 unspecified atom stereocenters. The quantitative estimate of drug-likeness (QED) is 0.602. The highest BCUT2D eigenvalue weighted by Crippen LogP contribution is 2.18. The fraction of sp³-hybridized carbons (Fsp3) is 0.312. The maximum Gasteiger partial charge on any atom is 0.319 e. The summed E-state index contributed by atoms with van der Waals surface area (Å²) in [5, 5.41) is 7.32. The minimum absolute atomic E-state index is 0.262. The number of aromatic nitrogens is 1. The first-order valence-corrected chi connectivity index (χ1v) is 8.34. The van der Waals surface area contributed by atoms with Crippen LogP contribution in [-0.4, -0.2) is 23.5 Å². The summed E-state index contributed by atoms with van der Waals surface area (Å²) in [5.41, 5.74) is 3.19. The first-order chi connectivity index (χ1) is 11.2. The van der Waals surface area contributed by atoms with E-state index in [0.717, 1.165) is 12.1 Å². The molecule has 0 saturated heterocycles. The Labute approximate surface area is 138 Å². The van der Waals surface area contributed by atoms with Gasteiger partial charge in [-0.1, -0.05) is 13.0 Å². The minimum atomic E-state index is -0.328. The van der Waals surface area contributed by atoms with Crippen LogP contribution in [0, 0.1) is 0 Å². The standard InChI is InChI=1S/C16H19N3O3S/c1-2-8-17-16(21)19-12-4-3-5-14(9-12)22-15(20)7-6-13-10-23-11-18-13/h3-5,9-11H,2,6-8H2,1H3,(H2,17,19,21). The predicted molar refractivity (Wildman–Crippen MR) is 89.8 cm³/mol. The molecule has 2 rings (SSSR count). The van der Waals surface area contributed by atoms with Crippen LogP contribution in [0.2, 0.25) is 0 Å². The van der Waals surface area contributed by atoms with Crippen molar-refractivity contribution in [2.45, 2.75) is 26.2 Å². The van der Waals surface area contributed by atoms with Crippen molar-refractivity contribution >= 4 is 29.0 Å². The summed E-state index contributed by atoms with van der Waals surface area (Å²) in [5.74, 6) is 0.0761. The van der Waals surface area contributed by atoms with Gasteiger partial charge in [-0.2, -0.15) is 0 Å². The Morgan fingerprint density at radius 1 is 1.35 bits per heavy atom. The van der Waals surface area contributed by atoms with Crippen LogP contribution in [0.3, 0.4) is 0 Å². The molecule has 7 heteroatoms. The Morgan fingerprint density at radius 2 is 2.22 bits per heavy atom. The van der Waals surface area contributed by atoms with Gasteiger partial charge >= 0.3 is 12.0 Å². The second kappa shape index (κ2) is 8.89. The summed E-state index contributed by atoms with van der Waals surface area (Å²) in [7, 11) is 0. The number of anilines is 1. The van der Waals surface area contributed by atoms with Gasteiger partial charge in [-0.3, -0.25) is 4.79 Å². The third-order valence-corrected chi connectivity index (χ3v) is 3.56. The average molecular weight is 333 g/mol. The number of benzene rings is 1. The largest absolute Gasteiger partial charge is 0.426 e. The zero-order valence-corrected chi connectivity index (χ0v) is 13.7. The number of urea groups is 1. The molecule has 0 radical (unpaired) electrons. The molecule has 0 spiro atoms. The molecule has 0 aliphatic heterocycles. The maximum atomic E-state index is 11.8. The Bertz CT molecular complexity index is 644. The molecule has 2 N–H and O–H groups in total. The zero-order chi connectivity index (χ0) is 16.5. The van der Waals surface area contributed by atoms with Crippen molar-refractivity contribution in [3.8, 4) is 5.75 Å². The third-order valence-electron chi connectivity index (χ3n) is 2.93. The molecule has 2 amide bonds. The summed E-state index contributed by atoms with van der Waals surface area (Å²) < 4.78 is 5.28. The van der Waals surface area contributed by atoms with E-state index in [1.807, 2.05) is 12.3 Å². The first-order valence-electron chi connectivity index (χ1n) is 7.40. The third kappa shape index (κ3) is 6.07. The summed E-state index contributed by atoms with van der Waals surface area (Å²) in [6.45, 7) is 2.59. The lowest BCUT2D eigenvalue weighted by atomic mass is 10.2. The molecule has 0 saturated carbocycles. The first kappa shape index (κ1) is 17.0. The van der Waals surface area contributed by atoms with Crippen molar-refractivity contribution < 1.29 is 14.3 Å². The van der Waals surface area contributed by atoms with Gasteiger partial charge in [0, 0.05) is 30.1 Å². The number of aryl methyl sites for hydroxylation is 1. The second-order valence-corrected chi connectivity index (χ2v) is 5.58. The van der Waals surface area contributed by atoms with Crippen LogP contribution in [0.25, 0.3) is 0 Å². The van der Waals surface area contributed by atoms with Crippen molar-refractivity contribution in [1.82, 2.24) is 10.3 Å². The maximum absolute atomic E-state index is 11.8. The molecule has 0 fully saturated rings. The van der Waals surface area contributed by atoms with Gasteiger partial charge in [-0.25, -0.2) is 9.78 Å². The van der Waals surface area contributed by atoms with Crippen molar-refractivity contribution in [2.75, 3.05) is 11.9 Å². The molecule has 0 aliphatic rings. The van der Waals surface area contributed by atoms with Crippen LogP contribution in [0.5, 0.6) is 5.75 Å². The van der Waals surface area contributed by atoms with E-state index in [9.17, 15) is 9.59 Å². The van der Waals surface area contributed by atoms with Gasteiger partial charge in [-0.05, 0) is 18.6 Å². The zero-order valence-electron chi connectivity index (χ0n) is 12.9. The van der Waals surface area contributed by atoms with Crippen molar-refractivity contribution in [2.24, 2.45) is 0 Å². The molecular weight excluding hydrogens is 314 g/mol. The van der Waals surface area contributed by atoms with Gasteiger partial charge in [0.2, 0.25) is 0 Å². The smallest absolute Gasteiger partial charge is 0.319 e. The van der Waals surface area contributed by atoms with Gasteiger partial charge in [0.15, 0.2) is 0 Å². The number of amides is 2. The molecule has 23 heavy (non-hydrogen) atoms. The molecule has 1 aromatic carbocycles. The number of hydrogen-bond donors (Lipinski definition) is 2. The Morgan fingerprint density at radius 3 is 2.96 bits per heavy atom. The van der Waals surface area contributed by atoms with Crippen LogP contribution in [0.15, 0.2) is 35.2 Å². The van der Waals surface area contributed by atoms with Gasteiger partial charge < -0.3 is 15.4 Å². The SMILES string of the molecule is CCCNC(=O)Nc1cccc(OC(=O)CCc2cscn2)c1. The van der Waals surface area contributed by atoms with Crippen LogP contribution in [0.1, 0.15) is 25.5 Å². The fourth-order valence-electron chi connectivity index (χ4n) is 1.82. The van der Waals surface area contributed by atoms with E-state index in [1.54, 1.807) is 29.8 Å². The van der Waals surface area contributed by atoms with E-state index < -0.39 is 0 Å². The second-order valence-electron chi connectivity index (χ2n) is 4.86. The molecule has 6 nitrogen and oxygen atoms in total. The number of hydrogen-bond acceptors (Lipinski definition) is 5. The lowest BCUT2D eigenvalue weighted by molar-refractivity contribution is -0.134. The van der Waals surface area contributed by atoms with Gasteiger partial charge in [-0.15, -0.1) is 11.3 Å². The van der Waals surface area contributed by atoms with Gasteiger partial charge in [0.25, 0.3) is 0 Å². The van der Waals surface area contributed by atoms with Crippen molar-refractivity contribution in [3.05, 3.63) is 40.8 Å². The molecule has 1 heterocycles. The molecule has 0 atom stereocenters. The molecule has 2 aromatic rings. The van der Waals surface area contributed by atoms with E-state index in [1.165, 1.54) is 11.3 Å². The number of nitrogens with one attached hydrogen (secondary N) is 2. The molecular formula is C16H19N3O3S. The molecule has 0 aliphatic carbocycles. The van der Waals surface area contributed by atoms with E-state index in [0.29, 0.717) is 24.4 Å². The number of ether oxygens (including phenoxy) is 1. The monoisotopic (exact) mass is 333 g/mol. The summed E-state index contributed by atoms with van der Waals surface area (Å²) in [6, 6.07) is 6.47. The highest BCUT2D eigenvalue weighted by molar-refractivity contribution is 7.07. The van der Waals surface area contributed by atoms with Crippen LogP contribution in [-0.2, 0) is 11.2 Å². The Kier molecular flexibility index (Phi) is 6.56. The van der Waals surface area contributed by atoms with Crippen LogP contribution in [0.4, 0.5) is 10.5 Å². The summed E-state index contributed by atoms with van der Waals surface area (Å²) >= 11 is 1.50. The predicted octanol–water partition coefficient (Wildman–Crippen LogP) is 3.21. The average Bonchev–Trinajstić information content (AvgIpc) is 3.05. The van der Waals surface area contributed by atoms with Crippen molar-refractivity contribution in [1.29, 1.82) is 0 Å². The number of carbonyl (C=O) groups is 2. The molecule has 1 aromatic heterocycles. The Balaban J connectivity index is 1.84. The number of carbonyl (C=O) groups excluding carboxylic acids is 2. The highest BCUT2D eigenvalue weighted by Gasteiger charge is 2.08. The Hall–Kier alpha value is -2.41. The fourth-order valence-corrected chi connectivity index (χ4v) is 2.42. The van der Waals surface area contributed by atoms with E-state index in [4.69, 9.17) is 4.74 Å². The lowest BCUT2D eigenvalue weighted by Crippen LogP contribution is -2.29. The normalized spacial score (nSPS) is 10.1. The molecule has 122 valence electrons. The van der Waals surface area contributed by atoms with Gasteiger partial charge in [0.1, 0.15) is 5.75 Å². The number of esters is 1.